The monoisotopic (exact) mass is 485 g/mol. The van der Waals surface area contributed by atoms with E-state index in [0.717, 1.165) is 38.5 Å². The van der Waals surface area contributed by atoms with Crippen molar-refractivity contribution in [2.75, 3.05) is 0 Å². The van der Waals surface area contributed by atoms with Crippen LogP contribution in [0.2, 0.25) is 0 Å². The van der Waals surface area contributed by atoms with Gasteiger partial charge in [-0.25, -0.2) is 0 Å². The van der Waals surface area contributed by atoms with Crippen LogP contribution in [0, 0.1) is 0 Å². The van der Waals surface area contributed by atoms with Gasteiger partial charge in [-0.3, -0.25) is 0 Å². The quantitative estimate of drug-likeness (QED) is 0.243. The molecule has 0 saturated heterocycles. The first-order chi connectivity index (χ1) is 18.9. The van der Waals surface area contributed by atoms with Crippen molar-refractivity contribution in [3.8, 4) is 27.9 Å². The summed E-state index contributed by atoms with van der Waals surface area (Å²) in [5, 5.41) is 4.65. The Bertz CT molecular complexity index is 2100. The summed E-state index contributed by atoms with van der Waals surface area (Å²) in [4.78, 5) is 0. The molecule has 0 saturated carbocycles. The molecule has 6 aromatic carbocycles. The fraction of sp³-hybridized carbons (Fsp3) is 0. The number of para-hydroxylation sites is 2. The average molecular weight is 486 g/mol. The molecule has 2 heterocycles. The van der Waals surface area contributed by atoms with Crippen LogP contribution in [0.25, 0.3) is 71.7 Å². The molecule has 0 spiro atoms. The van der Waals surface area contributed by atoms with Gasteiger partial charge in [0.1, 0.15) is 11.2 Å². The Hall–Kier alpha value is -5.08. The second-order valence-corrected chi connectivity index (χ2v) is 9.76. The third-order valence-electron chi connectivity index (χ3n) is 7.58. The molecule has 2 nitrogen and oxygen atoms in total. The summed E-state index contributed by atoms with van der Waals surface area (Å²) in [6, 6.07) is 49.4. The molecule has 0 bridgehead atoms. The van der Waals surface area contributed by atoms with Gasteiger partial charge in [-0.1, -0.05) is 97.1 Å². The first-order valence-corrected chi connectivity index (χ1v) is 13.0. The minimum absolute atomic E-state index is 0.915. The highest BCUT2D eigenvalue weighted by molar-refractivity contribution is 6.27. The molecule has 178 valence electrons. The molecular formula is C36H23NO. The maximum Gasteiger partial charge on any atom is 0.145 e. The lowest BCUT2D eigenvalue weighted by Crippen LogP contribution is -1.94. The van der Waals surface area contributed by atoms with Gasteiger partial charge in [-0.2, -0.15) is 0 Å². The molecule has 38 heavy (non-hydrogen) atoms. The molecule has 0 fully saturated rings. The van der Waals surface area contributed by atoms with E-state index in [2.05, 4.69) is 138 Å². The van der Waals surface area contributed by atoms with Gasteiger partial charge in [0.25, 0.3) is 0 Å². The lowest BCUT2D eigenvalue weighted by atomic mass is 9.94. The Kier molecular flexibility index (Phi) is 4.55. The topological polar surface area (TPSA) is 18.1 Å². The number of benzene rings is 6. The van der Waals surface area contributed by atoms with E-state index >= 15 is 0 Å². The smallest absolute Gasteiger partial charge is 0.145 e. The molecule has 0 radical (unpaired) electrons. The molecule has 0 unspecified atom stereocenters. The molecule has 0 amide bonds. The first-order valence-electron chi connectivity index (χ1n) is 13.0. The van der Waals surface area contributed by atoms with Gasteiger partial charge in [0.2, 0.25) is 0 Å². The highest BCUT2D eigenvalue weighted by atomic mass is 16.3. The predicted molar refractivity (Wildman–Crippen MR) is 159 cm³/mol. The molecule has 0 atom stereocenters. The number of furan rings is 1. The second-order valence-electron chi connectivity index (χ2n) is 9.76. The van der Waals surface area contributed by atoms with Crippen molar-refractivity contribution in [2.45, 2.75) is 0 Å². The summed E-state index contributed by atoms with van der Waals surface area (Å²) in [6.45, 7) is 0. The van der Waals surface area contributed by atoms with Crippen LogP contribution in [0.5, 0.6) is 0 Å². The minimum Gasteiger partial charge on any atom is -0.455 e. The SMILES string of the molecule is c1ccc(-c2cc(-c3ccccc3)c3c4c5oc6ccccc6c5ccc4n(-c4ccccc4)c3c2)cc1. The predicted octanol–water partition coefficient (Wildman–Crippen LogP) is 10.0. The van der Waals surface area contributed by atoms with Crippen LogP contribution >= 0.6 is 0 Å². The number of hydrogen-bond donors (Lipinski definition) is 0. The highest BCUT2D eigenvalue weighted by Crippen LogP contribution is 2.45. The van der Waals surface area contributed by atoms with Gasteiger partial charge in [0, 0.05) is 21.8 Å². The largest absolute Gasteiger partial charge is 0.455 e. The van der Waals surface area contributed by atoms with E-state index < -0.39 is 0 Å². The van der Waals surface area contributed by atoms with E-state index in [0.29, 0.717) is 0 Å². The fourth-order valence-corrected chi connectivity index (χ4v) is 5.90. The lowest BCUT2D eigenvalue weighted by molar-refractivity contribution is 0.673. The number of nitrogens with zero attached hydrogens (tertiary/aromatic N) is 1. The van der Waals surface area contributed by atoms with Crippen molar-refractivity contribution in [3.05, 3.63) is 140 Å². The van der Waals surface area contributed by atoms with Crippen LogP contribution in [0.4, 0.5) is 0 Å². The van der Waals surface area contributed by atoms with Gasteiger partial charge in [-0.15, -0.1) is 0 Å². The van der Waals surface area contributed by atoms with E-state index in [9.17, 15) is 0 Å². The summed E-state index contributed by atoms with van der Waals surface area (Å²) in [5.41, 5.74) is 10.1. The molecule has 2 heteroatoms. The summed E-state index contributed by atoms with van der Waals surface area (Å²) >= 11 is 0. The van der Waals surface area contributed by atoms with Gasteiger partial charge < -0.3 is 8.98 Å². The van der Waals surface area contributed by atoms with Crippen molar-refractivity contribution in [1.82, 2.24) is 4.57 Å². The van der Waals surface area contributed by atoms with Crippen LogP contribution in [0.1, 0.15) is 0 Å². The average Bonchev–Trinajstić information content (AvgIpc) is 3.54. The summed E-state index contributed by atoms with van der Waals surface area (Å²) in [7, 11) is 0. The second kappa shape index (κ2) is 8.22. The maximum absolute atomic E-state index is 6.62. The Labute approximate surface area is 220 Å². The molecule has 0 N–H and O–H groups in total. The lowest BCUT2D eigenvalue weighted by Gasteiger charge is -2.12. The number of hydrogen-bond acceptors (Lipinski definition) is 1. The standard InChI is InChI=1S/C36H23NO/c1-4-12-24(13-5-1)26-22-30(25-14-6-2-7-15-25)34-32(23-26)37(27-16-8-3-9-17-27)31-21-20-29-28-18-10-11-19-33(28)38-36(29)35(31)34/h1-23H. The van der Waals surface area contributed by atoms with E-state index in [1.165, 1.54) is 33.2 Å². The molecule has 8 rings (SSSR count). The van der Waals surface area contributed by atoms with Crippen molar-refractivity contribution < 1.29 is 4.42 Å². The van der Waals surface area contributed by atoms with Crippen molar-refractivity contribution >= 4 is 43.7 Å². The Morgan fingerprint density at radius 3 is 1.87 bits per heavy atom. The first kappa shape index (κ1) is 21.0. The van der Waals surface area contributed by atoms with Gasteiger partial charge >= 0.3 is 0 Å². The zero-order valence-electron chi connectivity index (χ0n) is 20.6. The minimum atomic E-state index is 0.915. The summed E-state index contributed by atoms with van der Waals surface area (Å²) in [6.07, 6.45) is 0. The molecule has 0 aliphatic rings. The maximum atomic E-state index is 6.62. The van der Waals surface area contributed by atoms with E-state index in [1.54, 1.807) is 0 Å². The molecule has 8 aromatic rings. The van der Waals surface area contributed by atoms with Crippen molar-refractivity contribution in [2.24, 2.45) is 0 Å². The van der Waals surface area contributed by atoms with Crippen LogP contribution in [-0.4, -0.2) is 4.57 Å². The van der Waals surface area contributed by atoms with E-state index in [-0.39, 0.29) is 0 Å². The van der Waals surface area contributed by atoms with E-state index in [4.69, 9.17) is 4.42 Å². The number of fused-ring (bicyclic) bond motifs is 7. The Morgan fingerprint density at radius 2 is 1.11 bits per heavy atom. The van der Waals surface area contributed by atoms with Gasteiger partial charge in [-0.05, 0) is 64.7 Å². The van der Waals surface area contributed by atoms with Crippen molar-refractivity contribution in [1.29, 1.82) is 0 Å². The highest BCUT2D eigenvalue weighted by Gasteiger charge is 2.22. The zero-order chi connectivity index (χ0) is 25.1. The molecule has 2 aromatic heterocycles. The third-order valence-corrected chi connectivity index (χ3v) is 7.58. The summed E-state index contributed by atoms with van der Waals surface area (Å²) in [5.74, 6) is 0. The number of aromatic nitrogens is 1. The normalized spacial score (nSPS) is 11.7. The fourth-order valence-electron chi connectivity index (χ4n) is 5.90. The molecule has 0 aliphatic carbocycles. The summed E-state index contributed by atoms with van der Waals surface area (Å²) < 4.78 is 9.00. The van der Waals surface area contributed by atoms with Gasteiger partial charge in [0.15, 0.2) is 0 Å². The Morgan fingerprint density at radius 1 is 0.447 bits per heavy atom. The third kappa shape index (κ3) is 3.07. The van der Waals surface area contributed by atoms with Crippen LogP contribution in [0.3, 0.4) is 0 Å². The van der Waals surface area contributed by atoms with Crippen LogP contribution in [0.15, 0.2) is 144 Å². The number of rotatable bonds is 3. The van der Waals surface area contributed by atoms with Crippen LogP contribution < -0.4 is 0 Å². The van der Waals surface area contributed by atoms with E-state index in [1.807, 2.05) is 6.07 Å². The molecular weight excluding hydrogens is 462 g/mol. The Balaban J connectivity index is 1.63. The zero-order valence-corrected chi connectivity index (χ0v) is 20.6. The molecule has 0 aliphatic heterocycles. The van der Waals surface area contributed by atoms with Gasteiger partial charge in [0.05, 0.1) is 16.4 Å². The van der Waals surface area contributed by atoms with Crippen LogP contribution in [-0.2, 0) is 0 Å². The van der Waals surface area contributed by atoms with Crippen molar-refractivity contribution in [3.63, 3.8) is 0 Å².